The van der Waals surface area contributed by atoms with Crippen LogP contribution in [0, 0.1) is 6.92 Å². The quantitative estimate of drug-likeness (QED) is 0.665. The van der Waals surface area contributed by atoms with Gasteiger partial charge in [-0.3, -0.25) is 9.63 Å². The Morgan fingerprint density at radius 2 is 1.94 bits per heavy atom. The molecule has 2 atom stereocenters. The summed E-state index contributed by atoms with van der Waals surface area (Å²) in [5, 5.41) is 6.70. The third-order valence-electron chi connectivity index (χ3n) is 5.37. The number of carbonyl (C=O) groups excluding carboxylic acids is 1. The Kier molecular flexibility index (Phi) is 6.10. The molecule has 1 saturated heterocycles. The Bertz CT molecular complexity index is 1070. The van der Waals surface area contributed by atoms with E-state index in [1.165, 1.54) is 18.2 Å². The molecule has 2 aliphatic rings. The molecule has 0 aromatic heterocycles. The van der Waals surface area contributed by atoms with Crippen molar-refractivity contribution in [1.82, 2.24) is 10.8 Å². The predicted octanol–water partition coefficient (Wildman–Crippen LogP) is 4.52. The van der Waals surface area contributed by atoms with Crippen molar-refractivity contribution >= 4 is 34.8 Å². The Labute approximate surface area is 191 Å². The third-order valence-corrected chi connectivity index (χ3v) is 5.81. The van der Waals surface area contributed by atoms with Gasteiger partial charge in [-0.25, -0.2) is 5.48 Å². The van der Waals surface area contributed by atoms with Gasteiger partial charge in [0, 0.05) is 34.1 Å². The number of rotatable bonds is 4. The van der Waals surface area contributed by atoms with Gasteiger partial charge in [0.05, 0.1) is 18.4 Å². The smallest absolute Gasteiger partial charge is 0.374 e. The van der Waals surface area contributed by atoms with Crippen molar-refractivity contribution < 1.29 is 27.6 Å². The summed E-state index contributed by atoms with van der Waals surface area (Å²) in [6.07, 6.45) is -5.35. The number of nitrogens with zero attached hydrogens (tertiary/aromatic N) is 1. The molecule has 6 nitrogen and oxygen atoms in total. The summed E-state index contributed by atoms with van der Waals surface area (Å²) >= 11 is 11.9. The van der Waals surface area contributed by atoms with Crippen molar-refractivity contribution in [1.29, 1.82) is 0 Å². The van der Waals surface area contributed by atoms with Gasteiger partial charge in [-0.2, -0.15) is 13.2 Å². The topological polar surface area (TPSA) is 72.0 Å². The molecule has 1 amide bonds. The summed E-state index contributed by atoms with van der Waals surface area (Å²) in [7, 11) is 0. The molecule has 0 saturated carbocycles. The van der Waals surface area contributed by atoms with E-state index in [-0.39, 0.29) is 33.3 Å². The van der Waals surface area contributed by atoms with Crippen LogP contribution in [0.25, 0.3) is 0 Å². The van der Waals surface area contributed by atoms with Crippen molar-refractivity contribution in [3.63, 3.8) is 0 Å². The lowest BCUT2D eigenvalue weighted by atomic mass is 9.86. The van der Waals surface area contributed by atoms with Gasteiger partial charge in [0.15, 0.2) is 0 Å². The highest BCUT2D eigenvalue weighted by molar-refractivity contribution is 6.34. The monoisotopic (exact) mass is 487 g/mol. The van der Waals surface area contributed by atoms with E-state index in [0.717, 1.165) is 0 Å². The maximum Gasteiger partial charge on any atom is 0.435 e. The molecule has 0 aliphatic carbocycles. The van der Waals surface area contributed by atoms with Gasteiger partial charge in [0.25, 0.3) is 11.5 Å². The number of aryl methyl sites for hydroxylation is 1. The van der Waals surface area contributed by atoms with Crippen molar-refractivity contribution in [3.8, 4) is 0 Å². The SMILES string of the molecule is Cc1cc(C2=NOC(c3cc(Cl)cc(Cl)c3)(C(F)(F)F)C2)ccc1C(=O)NC1CNOC1. The second-order valence-electron chi connectivity index (χ2n) is 7.65. The number of hydroxylamine groups is 1. The minimum absolute atomic E-state index is 0.0576. The molecule has 2 heterocycles. The average molecular weight is 488 g/mol. The molecule has 170 valence electrons. The normalized spacial score (nSPS) is 23.1. The molecular formula is C21H18Cl2F3N3O3. The summed E-state index contributed by atoms with van der Waals surface area (Å²) in [5.74, 6) is -0.297. The van der Waals surface area contributed by atoms with Crippen LogP contribution in [-0.4, -0.2) is 37.0 Å². The molecule has 0 spiro atoms. The van der Waals surface area contributed by atoms with Crippen LogP contribution >= 0.6 is 23.2 Å². The van der Waals surface area contributed by atoms with E-state index in [2.05, 4.69) is 16.0 Å². The maximum absolute atomic E-state index is 14.1. The molecule has 1 fully saturated rings. The highest BCUT2D eigenvalue weighted by Gasteiger charge is 2.62. The zero-order valence-electron chi connectivity index (χ0n) is 16.7. The van der Waals surface area contributed by atoms with Gasteiger partial charge < -0.3 is 10.2 Å². The van der Waals surface area contributed by atoms with Gasteiger partial charge in [0.2, 0.25) is 0 Å². The first-order chi connectivity index (χ1) is 15.1. The van der Waals surface area contributed by atoms with Crippen molar-refractivity contribution in [2.45, 2.75) is 31.2 Å². The van der Waals surface area contributed by atoms with Gasteiger partial charge in [-0.15, -0.1) is 0 Å². The molecule has 0 bridgehead atoms. The molecule has 2 aromatic rings. The van der Waals surface area contributed by atoms with Crippen molar-refractivity contribution in [2.24, 2.45) is 5.16 Å². The van der Waals surface area contributed by atoms with Crippen LogP contribution in [-0.2, 0) is 15.3 Å². The van der Waals surface area contributed by atoms with Crippen molar-refractivity contribution in [3.05, 3.63) is 68.7 Å². The summed E-state index contributed by atoms with van der Waals surface area (Å²) < 4.78 is 42.4. The number of alkyl halides is 3. The molecular weight excluding hydrogens is 470 g/mol. The van der Waals surface area contributed by atoms with E-state index < -0.39 is 18.2 Å². The second-order valence-corrected chi connectivity index (χ2v) is 8.52. The lowest BCUT2D eigenvalue weighted by Gasteiger charge is -2.29. The fraction of sp³-hybridized carbons (Fsp3) is 0.333. The number of amides is 1. The minimum Gasteiger partial charge on any atom is -0.374 e. The van der Waals surface area contributed by atoms with E-state index in [4.69, 9.17) is 32.9 Å². The number of hydrogen-bond acceptors (Lipinski definition) is 5. The van der Waals surface area contributed by atoms with E-state index in [1.54, 1.807) is 25.1 Å². The first kappa shape index (κ1) is 22.8. The lowest BCUT2D eigenvalue weighted by molar-refractivity contribution is -0.275. The van der Waals surface area contributed by atoms with Crippen LogP contribution in [0.3, 0.4) is 0 Å². The van der Waals surface area contributed by atoms with E-state index in [0.29, 0.717) is 29.8 Å². The standard InChI is InChI=1S/C21H18Cl2F3N3O3/c1-11-4-12(2-3-17(11)19(30)28-16-9-27-31-10-16)18-8-20(32-29-18,21(24,25)26)13-5-14(22)7-15(23)6-13/h2-7,16,27H,8-10H2,1H3,(H,28,30). The summed E-state index contributed by atoms with van der Waals surface area (Å²) in [6, 6.07) is 8.22. The van der Waals surface area contributed by atoms with Crippen molar-refractivity contribution in [2.75, 3.05) is 13.2 Å². The predicted molar refractivity (Wildman–Crippen MR) is 113 cm³/mol. The average Bonchev–Trinajstić information content (AvgIpc) is 3.37. The van der Waals surface area contributed by atoms with E-state index in [9.17, 15) is 18.0 Å². The minimum atomic E-state index is -4.78. The summed E-state index contributed by atoms with van der Waals surface area (Å²) in [6.45, 7) is 2.54. The highest BCUT2D eigenvalue weighted by Crippen LogP contribution is 2.49. The van der Waals surface area contributed by atoms with Crippen LogP contribution in [0.5, 0.6) is 0 Å². The number of halogens is 5. The molecule has 0 radical (unpaired) electrons. The zero-order valence-corrected chi connectivity index (χ0v) is 18.2. The largest absolute Gasteiger partial charge is 0.435 e. The van der Waals surface area contributed by atoms with Crippen LogP contribution in [0.1, 0.15) is 33.5 Å². The number of benzene rings is 2. The Hall–Kier alpha value is -2.33. The first-order valence-electron chi connectivity index (χ1n) is 9.64. The van der Waals surface area contributed by atoms with Gasteiger partial charge in [-0.05, 0) is 48.4 Å². The molecule has 2 aliphatic heterocycles. The Balaban J connectivity index is 1.59. The van der Waals surface area contributed by atoms with Crippen LogP contribution in [0.2, 0.25) is 10.0 Å². The number of oxime groups is 1. The number of hydrogen-bond donors (Lipinski definition) is 2. The van der Waals surface area contributed by atoms with Gasteiger partial charge in [0.1, 0.15) is 0 Å². The Morgan fingerprint density at radius 3 is 2.53 bits per heavy atom. The molecule has 4 rings (SSSR count). The van der Waals surface area contributed by atoms with Crippen LogP contribution < -0.4 is 10.8 Å². The van der Waals surface area contributed by atoms with Crippen LogP contribution in [0.15, 0.2) is 41.6 Å². The highest BCUT2D eigenvalue weighted by atomic mass is 35.5. The Morgan fingerprint density at radius 1 is 1.22 bits per heavy atom. The fourth-order valence-electron chi connectivity index (χ4n) is 3.68. The van der Waals surface area contributed by atoms with Gasteiger partial charge >= 0.3 is 6.18 Å². The lowest BCUT2D eigenvalue weighted by Crippen LogP contribution is -2.42. The molecule has 2 aromatic carbocycles. The van der Waals surface area contributed by atoms with Crippen LogP contribution in [0.4, 0.5) is 13.2 Å². The second kappa shape index (κ2) is 8.55. The first-order valence-corrected chi connectivity index (χ1v) is 10.4. The zero-order chi connectivity index (χ0) is 23.1. The maximum atomic E-state index is 14.1. The molecule has 11 heteroatoms. The summed E-state index contributed by atoms with van der Waals surface area (Å²) in [5.41, 5.74) is 1.24. The third kappa shape index (κ3) is 4.30. The number of nitrogens with one attached hydrogen (secondary N) is 2. The molecule has 32 heavy (non-hydrogen) atoms. The van der Waals surface area contributed by atoms with Gasteiger partial charge in [-0.1, -0.05) is 34.4 Å². The fourth-order valence-corrected chi connectivity index (χ4v) is 4.20. The summed E-state index contributed by atoms with van der Waals surface area (Å²) in [4.78, 5) is 22.5. The van der Waals surface area contributed by atoms with E-state index in [1.807, 2.05) is 0 Å². The molecule has 2 N–H and O–H groups in total. The molecule has 2 unspecified atom stereocenters. The van der Waals surface area contributed by atoms with E-state index >= 15 is 0 Å². The number of carbonyl (C=O) groups is 1.